The molecular weight excluding hydrogens is 442 g/mol. The quantitative estimate of drug-likeness (QED) is 0.344. The Bertz CT molecular complexity index is 1090. The van der Waals surface area contributed by atoms with Gasteiger partial charge in [0.15, 0.2) is 0 Å². The zero-order valence-corrected chi connectivity index (χ0v) is 20.8. The summed E-state index contributed by atoms with van der Waals surface area (Å²) in [4.78, 5) is 26.8. The third kappa shape index (κ3) is 6.32. The Balaban J connectivity index is 1.74. The molecule has 1 heterocycles. The number of nitrogens with one attached hydrogen (secondary N) is 1. The van der Waals surface area contributed by atoms with Crippen LogP contribution in [0, 0.1) is 5.41 Å². The average molecular weight is 478 g/mol. The molecule has 186 valence electrons. The summed E-state index contributed by atoms with van der Waals surface area (Å²) in [5.41, 5.74) is 3.12. The fourth-order valence-electron chi connectivity index (χ4n) is 4.37. The highest BCUT2D eigenvalue weighted by Gasteiger charge is 2.35. The highest BCUT2D eigenvalue weighted by atomic mass is 16.4. The molecule has 0 saturated heterocycles. The third-order valence-corrected chi connectivity index (χ3v) is 6.91. The maximum atomic E-state index is 13.1. The second kappa shape index (κ2) is 12.2. The Morgan fingerprint density at radius 1 is 1.00 bits per heavy atom. The van der Waals surface area contributed by atoms with Gasteiger partial charge in [-0.1, -0.05) is 75.7 Å². The number of carbonyl (C=O) groups excluding carboxylic acids is 1. The summed E-state index contributed by atoms with van der Waals surface area (Å²) in [6.07, 6.45) is 3.55. The van der Waals surface area contributed by atoms with Crippen molar-refractivity contribution in [1.29, 1.82) is 0 Å². The maximum absolute atomic E-state index is 13.1. The van der Waals surface area contributed by atoms with Crippen LogP contribution in [-0.2, 0) is 16.1 Å². The van der Waals surface area contributed by atoms with Crippen molar-refractivity contribution in [2.75, 3.05) is 6.54 Å². The van der Waals surface area contributed by atoms with E-state index in [0.717, 1.165) is 35.1 Å². The number of carbonyl (C=O) groups is 2. The lowest BCUT2D eigenvalue weighted by Crippen LogP contribution is -2.35. The molecule has 8 heteroatoms. The minimum absolute atomic E-state index is 0.0116. The number of tetrazole rings is 1. The molecule has 1 aromatic heterocycles. The van der Waals surface area contributed by atoms with Gasteiger partial charge in [0.1, 0.15) is 0 Å². The smallest absolute Gasteiger partial charge is 0.309 e. The summed E-state index contributed by atoms with van der Waals surface area (Å²) in [7, 11) is 0. The normalized spacial score (nSPS) is 11.4. The second-order valence-electron chi connectivity index (χ2n) is 8.94. The molecule has 3 rings (SSSR count). The van der Waals surface area contributed by atoms with Crippen LogP contribution in [0.25, 0.3) is 22.5 Å². The average Bonchev–Trinajstić information content (AvgIpc) is 3.42. The van der Waals surface area contributed by atoms with Crippen LogP contribution in [0.3, 0.4) is 0 Å². The Morgan fingerprint density at radius 2 is 1.69 bits per heavy atom. The van der Waals surface area contributed by atoms with Crippen molar-refractivity contribution in [2.24, 2.45) is 5.41 Å². The SMILES string of the molecule is CCCCN(Cc1ccc(-c2ccccc2-c2nn[nH]n2)cc1)C(=O)CCC(CC)(CC)C(=O)O. The van der Waals surface area contributed by atoms with Gasteiger partial charge < -0.3 is 10.0 Å². The molecule has 8 nitrogen and oxygen atoms in total. The van der Waals surface area contributed by atoms with E-state index in [1.807, 2.05) is 67.3 Å². The van der Waals surface area contributed by atoms with E-state index in [0.29, 0.717) is 38.2 Å². The monoisotopic (exact) mass is 477 g/mol. The van der Waals surface area contributed by atoms with Crippen molar-refractivity contribution in [3.63, 3.8) is 0 Å². The summed E-state index contributed by atoms with van der Waals surface area (Å²) < 4.78 is 0. The first-order valence-electron chi connectivity index (χ1n) is 12.4. The predicted molar refractivity (Wildman–Crippen MR) is 135 cm³/mol. The highest BCUT2D eigenvalue weighted by molar-refractivity contribution is 5.81. The van der Waals surface area contributed by atoms with E-state index in [1.54, 1.807) is 0 Å². The fraction of sp³-hybridized carbons (Fsp3) is 0.444. The first kappa shape index (κ1) is 26.1. The number of carboxylic acids is 1. The van der Waals surface area contributed by atoms with Gasteiger partial charge in [-0.05, 0) is 47.6 Å². The molecule has 35 heavy (non-hydrogen) atoms. The summed E-state index contributed by atoms with van der Waals surface area (Å²) in [6, 6.07) is 16.1. The van der Waals surface area contributed by atoms with Crippen molar-refractivity contribution in [1.82, 2.24) is 25.5 Å². The molecule has 0 aliphatic heterocycles. The molecule has 0 spiro atoms. The fourth-order valence-corrected chi connectivity index (χ4v) is 4.37. The Hall–Kier alpha value is -3.55. The van der Waals surface area contributed by atoms with Crippen molar-refractivity contribution < 1.29 is 14.7 Å². The van der Waals surface area contributed by atoms with E-state index in [9.17, 15) is 14.7 Å². The topological polar surface area (TPSA) is 112 Å². The summed E-state index contributed by atoms with van der Waals surface area (Å²) >= 11 is 0. The third-order valence-electron chi connectivity index (χ3n) is 6.91. The van der Waals surface area contributed by atoms with Gasteiger partial charge in [0, 0.05) is 25.1 Å². The minimum atomic E-state index is -0.834. The van der Waals surface area contributed by atoms with E-state index >= 15 is 0 Å². The molecule has 2 N–H and O–H groups in total. The van der Waals surface area contributed by atoms with Gasteiger partial charge >= 0.3 is 5.97 Å². The zero-order chi connectivity index (χ0) is 25.3. The van der Waals surface area contributed by atoms with Crippen molar-refractivity contribution >= 4 is 11.9 Å². The highest BCUT2D eigenvalue weighted by Crippen LogP contribution is 2.33. The van der Waals surface area contributed by atoms with Gasteiger partial charge in [0.2, 0.25) is 11.7 Å². The molecule has 2 aromatic carbocycles. The molecule has 1 amide bonds. The van der Waals surface area contributed by atoms with Crippen LogP contribution >= 0.6 is 0 Å². The Kier molecular flexibility index (Phi) is 9.11. The largest absolute Gasteiger partial charge is 0.481 e. The van der Waals surface area contributed by atoms with Crippen LogP contribution in [0.4, 0.5) is 0 Å². The lowest BCUT2D eigenvalue weighted by atomic mass is 9.78. The number of nitrogens with zero attached hydrogens (tertiary/aromatic N) is 4. The maximum Gasteiger partial charge on any atom is 0.309 e. The van der Waals surface area contributed by atoms with Crippen LogP contribution in [0.1, 0.15) is 64.9 Å². The molecule has 0 aliphatic rings. The molecule has 0 atom stereocenters. The van der Waals surface area contributed by atoms with Crippen LogP contribution < -0.4 is 0 Å². The number of carboxylic acid groups (broad SMARTS) is 1. The van der Waals surface area contributed by atoms with Crippen LogP contribution in [0.15, 0.2) is 48.5 Å². The number of amides is 1. The van der Waals surface area contributed by atoms with Gasteiger partial charge in [-0.25, -0.2) is 0 Å². The summed E-state index contributed by atoms with van der Waals surface area (Å²) in [5, 5.41) is 24.1. The van der Waals surface area contributed by atoms with Crippen LogP contribution in [-0.4, -0.2) is 49.1 Å². The number of unbranched alkanes of at least 4 members (excludes halogenated alkanes) is 1. The molecule has 3 aromatic rings. The van der Waals surface area contributed by atoms with Gasteiger partial charge in [-0.15, -0.1) is 10.2 Å². The van der Waals surface area contributed by atoms with Gasteiger partial charge in [0.05, 0.1) is 5.41 Å². The predicted octanol–water partition coefficient (Wildman–Crippen LogP) is 5.33. The number of rotatable bonds is 13. The van der Waals surface area contributed by atoms with Gasteiger partial charge in [-0.3, -0.25) is 9.59 Å². The van der Waals surface area contributed by atoms with Gasteiger partial charge in [0.25, 0.3) is 0 Å². The number of aromatic nitrogens is 4. The number of hydrogen-bond donors (Lipinski definition) is 2. The van der Waals surface area contributed by atoms with Crippen LogP contribution in [0.5, 0.6) is 0 Å². The lowest BCUT2D eigenvalue weighted by molar-refractivity contribution is -0.150. The lowest BCUT2D eigenvalue weighted by Gasteiger charge is -2.28. The van der Waals surface area contributed by atoms with E-state index in [2.05, 4.69) is 27.5 Å². The van der Waals surface area contributed by atoms with E-state index in [-0.39, 0.29) is 12.3 Å². The van der Waals surface area contributed by atoms with Crippen molar-refractivity contribution in [3.05, 3.63) is 54.1 Å². The first-order chi connectivity index (χ1) is 16.9. The molecule has 0 fully saturated rings. The molecule has 0 bridgehead atoms. The Morgan fingerprint density at radius 3 is 2.26 bits per heavy atom. The van der Waals surface area contributed by atoms with Gasteiger partial charge in [-0.2, -0.15) is 5.21 Å². The molecular formula is C27H35N5O3. The number of aromatic amines is 1. The number of H-pyrrole nitrogens is 1. The van der Waals surface area contributed by atoms with Crippen molar-refractivity contribution in [2.45, 2.75) is 65.8 Å². The minimum Gasteiger partial charge on any atom is -0.481 e. The number of hydrogen-bond acceptors (Lipinski definition) is 5. The molecule has 0 radical (unpaired) electrons. The summed E-state index contributed by atoms with van der Waals surface area (Å²) in [5.74, 6) is -0.262. The van der Waals surface area contributed by atoms with Crippen LogP contribution in [0.2, 0.25) is 0 Å². The van der Waals surface area contributed by atoms with E-state index in [4.69, 9.17) is 0 Å². The van der Waals surface area contributed by atoms with E-state index < -0.39 is 11.4 Å². The zero-order valence-electron chi connectivity index (χ0n) is 20.8. The standard InChI is InChI=1S/C27H35N5O3/c1-4-7-18-32(24(33)16-17-27(5-2,6-3)26(34)35)19-20-12-14-21(15-13-20)22-10-8-9-11-23(22)25-28-30-31-29-25/h8-15H,4-7,16-19H2,1-3H3,(H,34,35)(H,28,29,30,31). The number of aliphatic carboxylic acids is 1. The van der Waals surface area contributed by atoms with E-state index in [1.165, 1.54) is 0 Å². The number of benzene rings is 2. The first-order valence-corrected chi connectivity index (χ1v) is 12.4. The Labute approximate surface area is 206 Å². The van der Waals surface area contributed by atoms with Crippen molar-refractivity contribution in [3.8, 4) is 22.5 Å². The molecule has 0 aliphatic carbocycles. The summed E-state index contributed by atoms with van der Waals surface area (Å²) in [6.45, 7) is 7.03. The molecule has 0 saturated carbocycles. The second-order valence-corrected chi connectivity index (χ2v) is 8.94. The molecule has 0 unspecified atom stereocenters.